The molecule has 0 aliphatic carbocycles. The Bertz CT molecular complexity index is 190. The second-order valence-electron chi connectivity index (χ2n) is 5.28. The van der Waals surface area contributed by atoms with Gasteiger partial charge in [0, 0.05) is 12.5 Å². The Kier molecular flexibility index (Phi) is 4.74. The Morgan fingerprint density at radius 3 is 2.40 bits per heavy atom. The molecule has 1 saturated heterocycles. The topological polar surface area (TPSA) is 29.5 Å². The summed E-state index contributed by atoms with van der Waals surface area (Å²) in [5, 5.41) is 0. The van der Waals surface area contributed by atoms with Crippen LogP contribution in [0.1, 0.15) is 33.6 Å². The maximum absolute atomic E-state index is 10.6. The zero-order valence-corrected chi connectivity index (χ0v) is 10.2. The highest BCUT2D eigenvalue weighted by Crippen LogP contribution is 2.14. The first-order chi connectivity index (χ1) is 7.01. The van der Waals surface area contributed by atoms with E-state index in [0.717, 1.165) is 45.4 Å². The molecular formula is C12H23NO2. The molecule has 88 valence electrons. The summed E-state index contributed by atoms with van der Waals surface area (Å²) >= 11 is 0. The molecule has 0 aromatic rings. The monoisotopic (exact) mass is 213 g/mol. The van der Waals surface area contributed by atoms with Gasteiger partial charge in [0.1, 0.15) is 6.29 Å². The average molecular weight is 213 g/mol. The standard InChI is InChI=1S/C12H23NO2/c1-12(2,3)15-9-8-13-6-4-11(10-14)5-7-13/h10-11H,4-9H2,1-3H3. The number of nitrogens with zero attached hydrogens (tertiary/aromatic N) is 1. The van der Waals surface area contributed by atoms with E-state index in [4.69, 9.17) is 4.74 Å². The van der Waals surface area contributed by atoms with E-state index in [1.807, 2.05) is 0 Å². The molecule has 1 heterocycles. The highest BCUT2D eigenvalue weighted by Gasteiger charge is 2.18. The Balaban J connectivity index is 2.11. The fraction of sp³-hybridized carbons (Fsp3) is 0.917. The average Bonchev–Trinajstić information content (AvgIpc) is 2.17. The number of likely N-dealkylation sites (tertiary alicyclic amines) is 1. The summed E-state index contributed by atoms with van der Waals surface area (Å²) < 4.78 is 5.67. The molecule has 0 bridgehead atoms. The summed E-state index contributed by atoms with van der Waals surface area (Å²) in [6, 6.07) is 0. The van der Waals surface area contributed by atoms with Crippen LogP contribution in [0.25, 0.3) is 0 Å². The third-order valence-corrected chi connectivity index (χ3v) is 2.77. The first kappa shape index (κ1) is 12.7. The van der Waals surface area contributed by atoms with Gasteiger partial charge in [-0.25, -0.2) is 0 Å². The number of hydrogen-bond acceptors (Lipinski definition) is 3. The minimum Gasteiger partial charge on any atom is -0.375 e. The molecule has 1 aliphatic rings. The van der Waals surface area contributed by atoms with Gasteiger partial charge in [0.25, 0.3) is 0 Å². The van der Waals surface area contributed by atoms with Crippen molar-refractivity contribution in [3.63, 3.8) is 0 Å². The van der Waals surface area contributed by atoms with E-state index in [0.29, 0.717) is 5.92 Å². The van der Waals surface area contributed by atoms with Crippen molar-refractivity contribution >= 4 is 6.29 Å². The van der Waals surface area contributed by atoms with Gasteiger partial charge in [-0.2, -0.15) is 0 Å². The van der Waals surface area contributed by atoms with Crippen LogP contribution in [0.3, 0.4) is 0 Å². The normalized spacial score (nSPS) is 20.5. The molecule has 0 aromatic heterocycles. The van der Waals surface area contributed by atoms with Gasteiger partial charge < -0.3 is 14.4 Å². The predicted octanol–water partition coefficient (Wildman–Crippen LogP) is 1.71. The lowest BCUT2D eigenvalue weighted by molar-refractivity contribution is -0.112. The van der Waals surface area contributed by atoms with Gasteiger partial charge in [-0.1, -0.05) is 0 Å². The SMILES string of the molecule is CC(C)(C)OCCN1CCC(C=O)CC1. The molecule has 0 aromatic carbocycles. The van der Waals surface area contributed by atoms with Crippen LogP contribution in [-0.2, 0) is 9.53 Å². The van der Waals surface area contributed by atoms with E-state index in [1.54, 1.807) is 0 Å². The van der Waals surface area contributed by atoms with Gasteiger partial charge in [0.2, 0.25) is 0 Å². The third-order valence-electron chi connectivity index (χ3n) is 2.77. The highest BCUT2D eigenvalue weighted by atomic mass is 16.5. The van der Waals surface area contributed by atoms with Crippen molar-refractivity contribution in [3.8, 4) is 0 Å². The largest absolute Gasteiger partial charge is 0.375 e. The summed E-state index contributed by atoms with van der Waals surface area (Å²) in [7, 11) is 0. The van der Waals surface area contributed by atoms with E-state index >= 15 is 0 Å². The Morgan fingerprint density at radius 2 is 1.93 bits per heavy atom. The minimum absolute atomic E-state index is 0.0406. The van der Waals surface area contributed by atoms with Crippen molar-refractivity contribution in [1.29, 1.82) is 0 Å². The minimum atomic E-state index is -0.0406. The first-order valence-corrected chi connectivity index (χ1v) is 5.83. The Labute approximate surface area is 92.8 Å². The molecule has 1 fully saturated rings. The van der Waals surface area contributed by atoms with Crippen molar-refractivity contribution in [2.75, 3.05) is 26.2 Å². The molecule has 0 unspecified atom stereocenters. The Hall–Kier alpha value is -0.410. The second-order valence-corrected chi connectivity index (χ2v) is 5.28. The summed E-state index contributed by atoms with van der Waals surface area (Å²) in [5.41, 5.74) is -0.0406. The molecule has 0 N–H and O–H groups in total. The molecule has 0 atom stereocenters. The predicted molar refractivity (Wildman–Crippen MR) is 60.9 cm³/mol. The summed E-state index contributed by atoms with van der Waals surface area (Å²) in [6.45, 7) is 10.1. The molecule has 0 amide bonds. The van der Waals surface area contributed by atoms with Crippen LogP contribution in [0, 0.1) is 5.92 Å². The van der Waals surface area contributed by atoms with Crippen LogP contribution in [0.2, 0.25) is 0 Å². The van der Waals surface area contributed by atoms with Crippen LogP contribution < -0.4 is 0 Å². The maximum Gasteiger partial charge on any atom is 0.123 e. The number of piperidine rings is 1. The number of aldehydes is 1. The maximum atomic E-state index is 10.6. The fourth-order valence-electron chi connectivity index (χ4n) is 1.79. The van der Waals surface area contributed by atoms with Gasteiger partial charge in [0.15, 0.2) is 0 Å². The van der Waals surface area contributed by atoms with Gasteiger partial charge in [-0.15, -0.1) is 0 Å². The van der Waals surface area contributed by atoms with E-state index in [-0.39, 0.29) is 5.60 Å². The van der Waals surface area contributed by atoms with Crippen molar-refractivity contribution in [2.45, 2.75) is 39.2 Å². The molecule has 1 aliphatic heterocycles. The molecule has 15 heavy (non-hydrogen) atoms. The van der Waals surface area contributed by atoms with Crippen LogP contribution in [0.15, 0.2) is 0 Å². The quantitative estimate of drug-likeness (QED) is 0.666. The highest BCUT2D eigenvalue weighted by molar-refractivity contribution is 5.53. The lowest BCUT2D eigenvalue weighted by Crippen LogP contribution is -2.37. The smallest absolute Gasteiger partial charge is 0.123 e. The second kappa shape index (κ2) is 5.61. The molecular weight excluding hydrogens is 190 g/mol. The summed E-state index contributed by atoms with van der Waals surface area (Å²) in [5.74, 6) is 0.296. The van der Waals surface area contributed by atoms with Gasteiger partial charge in [0.05, 0.1) is 12.2 Å². The molecule has 3 heteroatoms. The first-order valence-electron chi connectivity index (χ1n) is 5.83. The lowest BCUT2D eigenvalue weighted by atomic mass is 9.99. The van der Waals surface area contributed by atoms with Crippen LogP contribution in [-0.4, -0.2) is 43.0 Å². The summed E-state index contributed by atoms with van der Waals surface area (Å²) in [4.78, 5) is 12.9. The lowest BCUT2D eigenvalue weighted by Gasteiger charge is -2.30. The summed E-state index contributed by atoms with van der Waals surface area (Å²) in [6.07, 6.45) is 3.13. The number of carbonyl (C=O) groups is 1. The van der Waals surface area contributed by atoms with E-state index in [9.17, 15) is 4.79 Å². The molecule has 0 spiro atoms. The van der Waals surface area contributed by atoms with Gasteiger partial charge in [-0.3, -0.25) is 0 Å². The van der Waals surface area contributed by atoms with Crippen molar-refractivity contribution in [3.05, 3.63) is 0 Å². The molecule has 1 rings (SSSR count). The van der Waals surface area contributed by atoms with Crippen LogP contribution in [0.5, 0.6) is 0 Å². The zero-order valence-electron chi connectivity index (χ0n) is 10.2. The molecule has 0 saturated carbocycles. The van der Waals surface area contributed by atoms with Crippen molar-refractivity contribution in [1.82, 2.24) is 4.90 Å². The van der Waals surface area contributed by atoms with Crippen molar-refractivity contribution in [2.24, 2.45) is 5.92 Å². The number of hydrogen-bond donors (Lipinski definition) is 0. The number of ether oxygens (including phenoxy) is 1. The zero-order chi connectivity index (χ0) is 11.3. The molecule has 0 radical (unpaired) electrons. The Morgan fingerprint density at radius 1 is 1.33 bits per heavy atom. The number of rotatable bonds is 4. The van der Waals surface area contributed by atoms with Crippen molar-refractivity contribution < 1.29 is 9.53 Å². The molecule has 3 nitrogen and oxygen atoms in total. The van der Waals surface area contributed by atoms with E-state index in [1.165, 1.54) is 0 Å². The number of carbonyl (C=O) groups excluding carboxylic acids is 1. The van der Waals surface area contributed by atoms with Crippen LogP contribution in [0.4, 0.5) is 0 Å². The fourth-order valence-corrected chi connectivity index (χ4v) is 1.79. The van der Waals surface area contributed by atoms with Gasteiger partial charge >= 0.3 is 0 Å². The third kappa shape index (κ3) is 5.28. The van der Waals surface area contributed by atoms with E-state index < -0.39 is 0 Å². The van der Waals surface area contributed by atoms with E-state index in [2.05, 4.69) is 25.7 Å². The van der Waals surface area contributed by atoms with Gasteiger partial charge in [-0.05, 0) is 46.7 Å². The van der Waals surface area contributed by atoms with Crippen LogP contribution >= 0.6 is 0 Å².